The van der Waals surface area contributed by atoms with Gasteiger partial charge in [0, 0.05) is 19.1 Å². The molecule has 16 heavy (non-hydrogen) atoms. The number of carbonyl (C=O) groups is 1. The van der Waals surface area contributed by atoms with Crippen LogP contribution >= 0.6 is 0 Å². The van der Waals surface area contributed by atoms with Gasteiger partial charge in [-0.05, 0) is 13.8 Å². The predicted molar refractivity (Wildman–Crippen MR) is 62.5 cm³/mol. The first kappa shape index (κ1) is 12.9. The Kier molecular flexibility index (Phi) is 5.15. The number of rotatable bonds is 6. The second kappa shape index (κ2) is 6.40. The van der Waals surface area contributed by atoms with Crippen molar-refractivity contribution in [2.24, 2.45) is 0 Å². The van der Waals surface area contributed by atoms with Crippen molar-refractivity contribution in [3.63, 3.8) is 0 Å². The second-order valence-corrected chi connectivity index (χ2v) is 3.71. The largest absolute Gasteiger partial charge is 0.356 e. The molecular weight excluding hydrogens is 204 g/mol. The van der Waals surface area contributed by atoms with E-state index in [-0.39, 0.29) is 12.1 Å². The summed E-state index contributed by atoms with van der Waals surface area (Å²) >= 11 is 0. The van der Waals surface area contributed by atoms with Gasteiger partial charge < -0.3 is 9.47 Å². The zero-order chi connectivity index (χ0) is 12.0. The van der Waals surface area contributed by atoms with Gasteiger partial charge in [0.15, 0.2) is 12.1 Å². The van der Waals surface area contributed by atoms with Crippen molar-refractivity contribution in [2.75, 3.05) is 13.7 Å². The summed E-state index contributed by atoms with van der Waals surface area (Å²) in [5.74, 6) is 0.100. The Hall–Kier alpha value is -1.19. The van der Waals surface area contributed by atoms with Crippen LogP contribution in [0.25, 0.3) is 0 Å². The third-order valence-electron chi connectivity index (χ3n) is 2.39. The van der Waals surface area contributed by atoms with E-state index in [0.717, 1.165) is 11.1 Å². The minimum absolute atomic E-state index is 0.100. The quantitative estimate of drug-likeness (QED) is 0.548. The minimum Gasteiger partial charge on any atom is -0.356 e. The van der Waals surface area contributed by atoms with E-state index in [1.807, 2.05) is 31.2 Å². The number of aryl methyl sites for hydroxylation is 1. The highest BCUT2D eigenvalue weighted by Gasteiger charge is 2.06. The number of hydrogen-bond donors (Lipinski definition) is 0. The maximum Gasteiger partial charge on any atom is 0.165 e. The second-order valence-electron chi connectivity index (χ2n) is 3.71. The molecule has 1 rings (SSSR count). The maximum absolute atomic E-state index is 11.7. The Balaban J connectivity index is 2.38. The van der Waals surface area contributed by atoms with E-state index < -0.39 is 0 Å². The van der Waals surface area contributed by atoms with Crippen LogP contribution in [-0.2, 0) is 9.47 Å². The topological polar surface area (TPSA) is 35.5 Å². The summed E-state index contributed by atoms with van der Waals surface area (Å²) in [4.78, 5) is 11.7. The van der Waals surface area contributed by atoms with Crippen molar-refractivity contribution in [1.29, 1.82) is 0 Å². The lowest BCUT2D eigenvalue weighted by Crippen LogP contribution is -2.13. The molecule has 3 nitrogen and oxygen atoms in total. The van der Waals surface area contributed by atoms with Gasteiger partial charge in [0.25, 0.3) is 0 Å². The van der Waals surface area contributed by atoms with Crippen LogP contribution < -0.4 is 0 Å². The van der Waals surface area contributed by atoms with Gasteiger partial charge in [0.1, 0.15) is 0 Å². The molecule has 0 bridgehead atoms. The highest BCUT2D eigenvalue weighted by Crippen LogP contribution is 2.06. The van der Waals surface area contributed by atoms with Gasteiger partial charge in [-0.2, -0.15) is 0 Å². The number of carbonyl (C=O) groups excluding carboxylic acids is 1. The molecule has 0 amide bonds. The van der Waals surface area contributed by atoms with Gasteiger partial charge in [0.05, 0.1) is 6.61 Å². The molecule has 3 heteroatoms. The lowest BCUT2D eigenvalue weighted by molar-refractivity contribution is -0.109. The smallest absolute Gasteiger partial charge is 0.165 e. The van der Waals surface area contributed by atoms with Gasteiger partial charge in [0.2, 0.25) is 0 Å². The molecule has 1 atom stereocenters. The number of ketones is 1. The van der Waals surface area contributed by atoms with Gasteiger partial charge >= 0.3 is 0 Å². The average molecular weight is 222 g/mol. The third kappa shape index (κ3) is 4.13. The summed E-state index contributed by atoms with van der Waals surface area (Å²) in [6, 6.07) is 7.56. The molecule has 0 aliphatic heterocycles. The van der Waals surface area contributed by atoms with Crippen LogP contribution in [0.2, 0.25) is 0 Å². The molecule has 0 fully saturated rings. The fourth-order valence-electron chi connectivity index (χ4n) is 1.27. The summed E-state index contributed by atoms with van der Waals surface area (Å²) < 4.78 is 10.2. The zero-order valence-corrected chi connectivity index (χ0v) is 10.0. The normalized spacial score (nSPS) is 12.4. The van der Waals surface area contributed by atoms with Crippen molar-refractivity contribution in [3.05, 3.63) is 35.4 Å². The molecule has 0 heterocycles. The van der Waals surface area contributed by atoms with E-state index in [0.29, 0.717) is 13.0 Å². The van der Waals surface area contributed by atoms with Gasteiger partial charge in [-0.15, -0.1) is 0 Å². The van der Waals surface area contributed by atoms with Crippen LogP contribution in [-0.4, -0.2) is 25.8 Å². The van der Waals surface area contributed by atoms with Crippen molar-refractivity contribution < 1.29 is 14.3 Å². The highest BCUT2D eigenvalue weighted by molar-refractivity contribution is 5.96. The molecule has 0 saturated heterocycles. The lowest BCUT2D eigenvalue weighted by atomic mass is 10.1. The van der Waals surface area contributed by atoms with Crippen molar-refractivity contribution in [1.82, 2.24) is 0 Å². The van der Waals surface area contributed by atoms with Crippen LogP contribution in [0, 0.1) is 6.92 Å². The summed E-state index contributed by atoms with van der Waals surface area (Å²) in [6.45, 7) is 4.19. The summed E-state index contributed by atoms with van der Waals surface area (Å²) in [6.07, 6.45) is 0.127. The first-order chi connectivity index (χ1) is 7.63. The van der Waals surface area contributed by atoms with Crippen molar-refractivity contribution >= 4 is 5.78 Å². The minimum atomic E-state index is -0.259. The van der Waals surface area contributed by atoms with Crippen molar-refractivity contribution in [3.8, 4) is 0 Å². The van der Waals surface area contributed by atoms with Gasteiger partial charge in [-0.3, -0.25) is 4.79 Å². The highest BCUT2D eigenvalue weighted by atomic mass is 16.7. The molecule has 1 aromatic carbocycles. The molecule has 0 radical (unpaired) electrons. The molecule has 88 valence electrons. The molecule has 1 unspecified atom stereocenters. The van der Waals surface area contributed by atoms with E-state index in [4.69, 9.17) is 9.47 Å². The summed E-state index contributed by atoms with van der Waals surface area (Å²) in [5.41, 5.74) is 1.89. The Morgan fingerprint density at radius 1 is 1.31 bits per heavy atom. The number of ether oxygens (including phenoxy) is 2. The van der Waals surface area contributed by atoms with E-state index in [1.165, 1.54) is 0 Å². The van der Waals surface area contributed by atoms with E-state index in [9.17, 15) is 4.79 Å². The summed E-state index contributed by atoms with van der Waals surface area (Å²) in [7, 11) is 1.58. The fourth-order valence-corrected chi connectivity index (χ4v) is 1.27. The van der Waals surface area contributed by atoms with Gasteiger partial charge in [-0.1, -0.05) is 29.8 Å². The number of Topliss-reactive ketones (excluding diaryl/α,β-unsaturated/α-hetero) is 1. The van der Waals surface area contributed by atoms with Crippen LogP contribution in [0.3, 0.4) is 0 Å². The summed E-state index contributed by atoms with van der Waals surface area (Å²) in [5, 5.41) is 0. The zero-order valence-electron chi connectivity index (χ0n) is 10.0. The number of hydrogen-bond acceptors (Lipinski definition) is 3. The molecule has 0 N–H and O–H groups in total. The molecular formula is C13H18O3. The third-order valence-corrected chi connectivity index (χ3v) is 2.39. The first-order valence-corrected chi connectivity index (χ1v) is 5.37. The van der Waals surface area contributed by atoms with E-state index in [1.54, 1.807) is 14.0 Å². The maximum atomic E-state index is 11.7. The van der Waals surface area contributed by atoms with Crippen LogP contribution in [0.5, 0.6) is 0 Å². The van der Waals surface area contributed by atoms with Crippen LogP contribution in [0.1, 0.15) is 29.3 Å². The van der Waals surface area contributed by atoms with Crippen molar-refractivity contribution in [2.45, 2.75) is 26.6 Å². The Morgan fingerprint density at radius 3 is 2.50 bits per heavy atom. The fraction of sp³-hybridized carbons (Fsp3) is 0.462. The van der Waals surface area contributed by atoms with Gasteiger partial charge in [-0.25, -0.2) is 0 Å². The standard InChI is InChI=1S/C13H18O3/c1-10-4-6-12(7-5-10)13(14)8-9-16-11(2)15-3/h4-7,11H,8-9H2,1-3H3. The SMILES string of the molecule is COC(C)OCCC(=O)c1ccc(C)cc1. The number of methoxy groups -OCH3 is 1. The van der Waals surface area contributed by atoms with Crippen LogP contribution in [0.4, 0.5) is 0 Å². The first-order valence-electron chi connectivity index (χ1n) is 5.37. The van der Waals surface area contributed by atoms with E-state index in [2.05, 4.69) is 0 Å². The lowest BCUT2D eigenvalue weighted by Gasteiger charge is -2.10. The Bertz CT molecular complexity index is 330. The van der Waals surface area contributed by atoms with Crippen LogP contribution in [0.15, 0.2) is 24.3 Å². The molecule has 1 aromatic rings. The Labute approximate surface area is 96.4 Å². The Morgan fingerprint density at radius 2 is 1.94 bits per heavy atom. The monoisotopic (exact) mass is 222 g/mol. The van der Waals surface area contributed by atoms with E-state index >= 15 is 0 Å². The predicted octanol–water partition coefficient (Wildman–Crippen LogP) is 2.58. The molecule has 0 aromatic heterocycles. The molecule has 0 aliphatic rings. The number of benzene rings is 1. The molecule has 0 aliphatic carbocycles. The molecule has 0 spiro atoms. The molecule has 0 saturated carbocycles. The average Bonchev–Trinajstić information content (AvgIpc) is 2.29.